The molecule has 0 saturated carbocycles. The Morgan fingerprint density at radius 3 is 1.75 bits per heavy atom. The van der Waals surface area contributed by atoms with Crippen molar-refractivity contribution in [3.05, 3.63) is 11.8 Å². The zero-order valence-electron chi connectivity index (χ0n) is 53.6. The van der Waals surface area contributed by atoms with Gasteiger partial charge in [0.25, 0.3) is 11.8 Å². The number of unbranched alkanes of at least 4 members (excludes halogenated alkanes) is 7. The van der Waals surface area contributed by atoms with E-state index in [0.717, 1.165) is 61.2 Å². The highest BCUT2D eigenvalue weighted by atomic mass is 16.5. The third-order valence-electron chi connectivity index (χ3n) is 16.1. The molecule has 28 nitrogen and oxygen atoms in total. The van der Waals surface area contributed by atoms with Crippen molar-refractivity contribution in [2.75, 3.05) is 20.7 Å². The standard InChI is InChI=1S/C60H102N12O16/c1-13-24-38(74)26-22-20-18-16-15-17-19-21-25-34(7)47-50(77)58(85)67-46(33(5)6)55(82)64-39(14-2)52(79)69-48(36(9)73)57(84)66-45(32(3)4)56(83)65-40(28-29-43(61)75)53(80)63-35(8)51(78)70-49(37(10)88-12)60(87)71(11)42(31-44(62)76)59(86)72-30-23-27-41(72)54(81)68-47/h14,32-37,40-42,45-50,73,77H,13,15-31H2,1-12H3,(H2,61,75)(H2,62,76)(H,63,80)(H,64,82)(H,65,83)(H,66,84)(H,67,85)(H,68,81)(H,69,79)(H,70,78)/t34-,35+,36+,37+,40-,41-,42-,45-,46-,47+,48-,49-,50+/m0/s1. The molecule has 12 amide bonds. The number of hydrogen-bond acceptors (Lipinski definition) is 16. The number of rotatable bonds is 24. The van der Waals surface area contributed by atoms with Gasteiger partial charge in [0, 0.05) is 40.0 Å². The van der Waals surface area contributed by atoms with Crippen molar-refractivity contribution in [1.82, 2.24) is 52.3 Å². The molecule has 0 aromatic heterocycles. The van der Waals surface area contributed by atoms with Gasteiger partial charge in [0.1, 0.15) is 59.8 Å². The smallest absolute Gasteiger partial charge is 0.268 e. The van der Waals surface area contributed by atoms with Gasteiger partial charge in [-0.2, -0.15) is 0 Å². The maximum absolute atomic E-state index is 14.8. The van der Waals surface area contributed by atoms with Gasteiger partial charge in [0.2, 0.25) is 59.1 Å². The summed E-state index contributed by atoms with van der Waals surface area (Å²) in [7, 11) is 2.42. The van der Waals surface area contributed by atoms with Crippen molar-refractivity contribution < 1.29 is 77.3 Å². The monoisotopic (exact) mass is 1250 g/mol. The first-order chi connectivity index (χ1) is 41.3. The van der Waals surface area contributed by atoms with Crippen LogP contribution in [0.2, 0.25) is 0 Å². The molecule has 88 heavy (non-hydrogen) atoms. The van der Waals surface area contributed by atoms with Gasteiger partial charge in [-0.3, -0.25) is 62.3 Å². The van der Waals surface area contributed by atoms with Crippen LogP contribution in [0.5, 0.6) is 0 Å². The molecule has 0 aromatic rings. The van der Waals surface area contributed by atoms with Crippen molar-refractivity contribution in [2.24, 2.45) is 29.2 Å². The number of allylic oxidation sites excluding steroid dienone is 1. The third kappa shape index (κ3) is 24.5. The molecule has 13 atom stereocenters. The van der Waals surface area contributed by atoms with Crippen molar-refractivity contribution in [1.29, 1.82) is 0 Å². The zero-order chi connectivity index (χ0) is 66.7. The number of ether oxygens (including phenoxy) is 1. The van der Waals surface area contributed by atoms with E-state index in [0.29, 0.717) is 25.7 Å². The number of carbonyl (C=O) groups excluding carboxylic acids is 13. The summed E-state index contributed by atoms with van der Waals surface area (Å²) in [6.07, 6.45) is 4.57. The van der Waals surface area contributed by atoms with E-state index < -0.39 is 186 Å². The second-order valence-electron chi connectivity index (χ2n) is 24.0. The number of nitrogens with zero attached hydrogens (tertiary/aromatic N) is 2. The highest BCUT2D eigenvalue weighted by Gasteiger charge is 2.45. The van der Waals surface area contributed by atoms with Crippen LogP contribution in [0, 0.1) is 17.8 Å². The van der Waals surface area contributed by atoms with E-state index in [1.54, 1.807) is 20.8 Å². The Balaban J connectivity index is 2.76. The summed E-state index contributed by atoms with van der Waals surface area (Å²) in [5.41, 5.74) is 10.7. The molecule has 2 heterocycles. The number of amides is 12. The maximum Gasteiger partial charge on any atom is 0.268 e. The lowest BCUT2D eigenvalue weighted by atomic mass is 9.90. The second kappa shape index (κ2) is 38.4. The first-order valence-corrected chi connectivity index (χ1v) is 31.0. The fourth-order valence-electron chi connectivity index (χ4n) is 10.5. The number of likely N-dealkylation sites (N-methyl/N-ethyl adjacent to an activating group) is 1. The molecule has 28 heteroatoms. The molecular formula is C60H102N12O16. The largest absolute Gasteiger partial charge is 0.391 e. The Bertz CT molecular complexity index is 2460. The Morgan fingerprint density at radius 2 is 1.20 bits per heavy atom. The predicted molar refractivity (Wildman–Crippen MR) is 324 cm³/mol. The van der Waals surface area contributed by atoms with Crippen molar-refractivity contribution in [3.8, 4) is 0 Å². The Kier molecular flexibility index (Phi) is 33.6. The van der Waals surface area contributed by atoms with E-state index in [9.17, 15) is 72.5 Å². The van der Waals surface area contributed by atoms with Crippen molar-refractivity contribution in [3.63, 3.8) is 0 Å². The molecule has 14 N–H and O–H groups in total. The molecule has 2 fully saturated rings. The number of nitrogens with two attached hydrogens (primary N) is 2. The van der Waals surface area contributed by atoms with Crippen molar-refractivity contribution >= 4 is 76.7 Å². The van der Waals surface area contributed by atoms with Gasteiger partial charge in [-0.25, -0.2) is 0 Å². The lowest BCUT2D eigenvalue weighted by molar-refractivity contribution is -0.151. The average Bonchev–Trinajstić information content (AvgIpc) is 1.74. The summed E-state index contributed by atoms with van der Waals surface area (Å²) in [5.74, 6) is -13.4. The van der Waals surface area contributed by atoms with Crippen LogP contribution in [0.3, 0.4) is 0 Å². The number of methoxy groups -OCH3 is 1. The molecular weight excluding hydrogens is 1140 g/mol. The number of Topliss-reactive ketones (excluding diaryl/α,β-unsaturated/α-hetero) is 1. The van der Waals surface area contributed by atoms with Crippen LogP contribution >= 0.6 is 0 Å². The Labute approximate surface area is 517 Å². The van der Waals surface area contributed by atoms with Crippen LogP contribution in [-0.4, -0.2) is 190 Å². The summed E-state index contributed by atoms with van der Waals surface area (Å²) < 4.78 is 5.46. The fourth-order valence-corrected chi connectivity index (χ4v) is 10.5. The fraction of sp³-hybridized carbons (Fsp3) is 0.750. The predicted octanol–water partition coefficient (Wildman–Crippen LogP) is -0.613. The van der Waals surface area contributed by atoms with E-state index >= 15 is 0 Å². The molecule has 498 valence electrons. The van der Waals surface area contributed by atoms with Gasteiger partial charge in [-0.05, 0) is 84.0 Å². The molecule has 0 aliphatic carbocycles. The quantitative estimate of drug-likeness (QED) is 0.0424. The summed E-state index contributed by atoms with van der Waals surface area (Å²) in [5, 5.41) is 42.9. The summed E-state index contributed by atoms with van der Waals surface area (Å²) in [6.45, 7) is 15.1. The Morgan fingerprint density at radius 1 is 0.648 bits per heavy atom. The molecule has 2 rings (SSSR count). The molecule has 0 radical (unpaired) electrons. The lowest BCUT2D eigenvalue weighted by Crippen LogP contribution is -2.62. The highest BCUT2D eigenvalue weighted by molar-refractivity contribution is 6.03. The third-order valence-corrected chi connectivity index (χ3v) is 16.1. The molecule has 2 saturated heterocycles. The number of primary amides is 2. The minimum atomic E-state index is -2.02. The van der Waals surface area contributed by atoms with Gasteiger partial charge in [0.15, 0.2) is 6.10 Å². The summed E-state index contributed by atoms with van der Waals surface area (Å²) >= 11 is 0. The SMILES string of the molecule is CC=C1NC(=O)[C@H](C(C)C)NC(=O)[C@H](O)[C@@H]([C@@H](C)CCCCCCCCCCC(=O)CCC)NC(=O)[C@@H]2CCCN2C(=O)[C@H](CC(N)=O)N(C)C(=O)[C@H]([C@@H](C)OC)NC(=O)[C@@H](C)NC(=O)[C@H](CCC(N)=O)NC(=O)[C@H](C(C)C)NC(=O)[C@H]([C@@H](C)O)NC1=O. The van der Waals surface area contributed by atoms with Crippen LogP contribution in [0.25, 0.3) is 0 Å². The minimum absolute atomic E-state index is 0.0385. The van der Waals surface area contributed by atoms with E-state index in [1.165, 1.54) is 61.8 Å². The molecule has 0 spiro atoms. The van der Waals surface area contributed by atoms with Gasteiger partial charge in [0.05, 0.1) is 24.7 Å². The summed E-state index contributed by atoms with van der Waals surface area (Å²) in [4.78, 5) is 181. The van der Waals surface area contributed by atoms with E-state index in [2.05, 4.69) is 42.5 Å². The van der Waals surface area contributed by atoms with E-state index in [4.69, 9.17) is 16.2 Å². The Hall–Kier alpha value is -7.07. The molecule has 0 unspecified atom stereocenters. The summed E-state index contributed by atoms with van der Waals surface area (Å²) in [6, 6.07) is -13.6. The lowest BCUT2D eigenvalue weighted by Gasteiger charge is -2.36. The molecule has 2 aliphatic rings. The zero-order valence-corrected chi connectivity index (χ0v) is 53.6. The van der Waals surface area contributed by atoms with Gasteiger partial charge >= 0.3 is 0 Å². The van der Waals surface area contributed by atoms with Crippen LogP contribution in [0.15, 0.2) is 11.8 Å². The molecule has 0 aromatic carbocycles. The first-order valence-electron chi connectivity index (χ1n) is 31.0. The van der Waals surface area contributed by atoms with E-state index in [-0.39, 0.29) is 25.2 Å². The van der Waals surface area contributed by atoms with Crippen LogP contribution in [-0.2, 0) is 67.1 Å². The number of nitrogens with one attached hydrogen (secondary N) is 8. The number of aliphatic hydroxyl groups is 2. The van der Waals surface area contributed by atoms with E-state index in [1.807, 2.05) is 6.92 Å². The number of fused-ring (bicyclic) bond motifs is 1. The minimum Gasteiger partial charge on any atom is -0.391 e. The average molecular weight is 1250 g/mol. The number of aliphatic hydroxyl groups excluding tert-OH is 2. The first kappa shape index (κ1) is 77.0. The van der Waals surface area contributed by atoms with Gasteiger partial charge in [-0.1, -0.05) is 92.6 Å². The van der Waals surface area contributed by atoms with Gasteiger partial charge < -0.3 is 78.8 Å². The maximum atomic E-state index is 14.8. The van der Waals surface area contributed by atoms with Crippen molar-refractivity contribution in [2.45, 2.75) is 251 Å². The number of ketones is 1. The van der Waals surface area contributed by atoms with Crippen LogP contribution in [0.1, 0.15) is 178 Å². The van der Waals surface area contributed by atoms with Gasteiger partial charge in [-0.15, -0.1) is 0 Å². The molecule has 0 bridgehead atoms. The number of hydrogen-bond donors (Lipinski definition) is 12. The topological polar surface area (TPSA) is 426 Å². The highest BCUT2D eigenvalue weighted by Crippen LogP contribution is 2.25. The normalized spacial score (nSPS) is 26.5. The van der Waals surface area contributed by atoms with Crippen LogP contribution < -0.4 is 54.0 Å². The second-order valence-corrected chi connectivity index (χ2v) is 24.0. The van der Waals surface area contributed by atoms with Crippen LogP contribution in [0.4, 0.5) is 0 Å². The molecule has 2 aliphatic heterocycles. The number of carbonyl (C=O) groups is 13.